The van der Waals surface area contributed by atoms with Crippen molar-refractivity contribution < 1.29 is 0 Å². The predicted molar refractivity (Wildman–Crippen MR) is 60.4 cm³/mol. The van der Waals surface area contributed by atoms with Crippen LogP contribution in [0.3, 0.4) is 0 Å². The van der Waals surface area contributed by atoms with E-state index in [0.717, 1.165) is 32.2 Å². The molecule has 1 aromatic heterocycles. The average molecular weight is 205 g/mol. The predicted octanol–water partition coefficient (Wildman–Crippen LogP) is 2.70. The number of aryl methyl sites for hydroxylation is 3. The van der Waals surface area contributed by atoms with Gasteiger partial charge in [-0.2, -0.15) is 10.4 Å². The summed E-state index contributed by atoms with van der Waals surface area (Å²) < 4.78 is 2.09. The number of rotatable bonds is 6. The monoisotopic (exact) mass is 205 g/mol. The molecule has 3 nitrogen and oxygen atoms in total. The van der Waals surface area contributed by atoms with Crippen LogP contribution in [0.1, 0.15) is 44.5 Å². The van der Waals surface area contributed by atoms with Gasteiger partial charge in [-0.3, -0.25) is 4.68 Å². The Hall–Kier alpha value is -1.30. The van der Waals surface area contributed by atoms with Gasteiger partial charge >= 0.3 is 0 Å². The summed E-state index contributed by atoms with van der Waals surface area (Å²) in [5.41, 5.74) is 2.48. The Kier molecular flexibility index (Phi) is 4.89. The third-order valence-electron chi connectivity index (χ3n) is 2.55. The van der Waals surface area contributed by atoms with Crippen LogP contribution in [0.25, 0.3) is 0 Å². The zero-order chi connectivity index (χ0) is 11.1. The van der Waals surface area contributed by atoms with Crippen LogP contribution in [0.2, 0.25) is 0 Å². The van der Waals surface area contributed by atoms with E-state index in [9.17, 15) is 0 Å². The normalized spacial score (nSPS) is 10.2. The molecule has 0 aromatic carbocycles. The zero-order valence-electron chi connectivity index (χ0n) is 9.66. The molecule has 1 heterocycles. The van der Waals surface area contributed by atoms with Crippen LogP contribution in [0.4, 0.5) is 0 Å². The third kappa shape index (κ3) is 3.39. The fourth-order valence-electron chi connectivity index (χ4n) is 1.63. The van der Waals surface area contributed by atoms with E-state index in [1.165, 1.54) is 11.4 Å². The maximum atomic E-state index is 8.43. The lowest BCUT2D eigenvalue weighted by molar-refractivity contribution is 0.538. The summed E-state index contributed by atoms with van der Waals surface area (Å²) in [5.74, 6) is 0. The lowest BCUT2D eigenvalue weighted by atomic mass is 10.2. The highest BCUT2D eigenvalue weighted by Crippen LogP contribution is 2.08. The first-order chi connectivity index (χ1) is 7.31. The fraction of sp³-hybridized carbons (Fsp3) is 0.667. The number of hydrogen-bond donors (Lipinski definition) is 0. The van der Waals surface area contributed by atoms with E-state index < -0.39 is 0 Å². The lowest BCUT2D eigenvalue weighted by Gasteiger charge is -2.04. The molecule has 0 aliphatic carbocycles. The summed E-state index contributed by atoms with van der Waals surface area (Å²) in [5, 5.41) is 13.0. The molecular weight excluding hydrogens is 186 g/mol. The maximum Gasteiger partial charge on any atom is 0.0624 e. The van der Waals surface area contributed by atoms with Crippen molar-refractivity contribution in [2.45, 2.75) is 52.5 Å². The van der Waals surface area contributed by atoms with Gasteiger partial charge < -0.3 is 0 Å². The Labute approximate surface area is 91.7 Å². The van der Waals surface area contributed by atoms with Gasteiger partial charge in [-0.05, 0) is 31.7 Å². The van der Waals surface area contributed by atoms with Gasteiger partial charge in [-0.1, -0.05) is 13.8 Å². The Morgan fingerprint density at radius 1 is 1.33 bits per heavy atom. The minimum Gasteiger partial charge on any atom is -0.269 e. The summed E-state index contributed by atoms with van der Waals surface area (Å²) in [4.78, 5) is 0. The van der Waals surface area contributed by atoms with Gasteiger partial charge in [0, 0.05) is 18.7 Å². The fourth-order valence-corrected chi connectivity index (χ4v) is 1.63. The Balaban J connectivity index is 2.51. The molecular formula is C12H19N3. The molecule has 15 heavy (non-hydrogen) atoms. The molecule has 0 radical (unpaired) electrons. The zero-order valence-corrected chi connectivity index (χ0v) is 9.66. The molecule has 1 aromatic rings. The van der Waals surface area contributed by atoms with Crippen molar-refractivity contribution in [3.8, 4) is 6.07 Å². The van der Waals surface area contributed by atoms with E-state index in [4.69, 9.17) is 5.26 Å². The minimum atomic E-state index is 0.656. The van der Waals surface area contributed by atoms with Crippen LogP contribution in [0.15, 0.2) is 6.07 Å². The van der Waals surface area contributed by atoms with E-state index in [0.29, 0.717) is 6.42 Å². The third-order valence-corrected chi connectivity index (χ3v) is 2.55. The van der Waals surface area contributed by atoms with Gasteiger partial charge in [-0.15, -0.1) is 0 Å². The summed E-state index contributed by atoms with van der Waals surface area (Å²) in [6.07, 6.45) is 4.71. The van der Waals surface area contributed by atoms with Crippen molar-refractivity contribution in [1.82, 2.24) is 9.78 Å². The number of unbranched alkanes of at least 4 members (excludes halogenated alkanes) is 2. The van der Waals surface area contributed by atoms with E-state index >= 15 is 0 Å². The summed E-state index contributed by atoms with van der Waals surface area (Å²) >= 11 is 0. The van der Waals surface area contributed by atoms with Gasteiger partial charge in [0.1, 0.15) is 0 Å². The Morgan fingerprint density at radius 2 is 2.13 bits per heavy atom. The molecule has 0 aliphatic heterocycles. The Bertz CT molecular complexity index is 333. The molecule has 0 aliphatic rings. The molecule has 82 valence electrons. The largest absolute Gasteiger partial charge is 0.269 e. The van der Waals surface area contributed by atoms with Gasteiger partial charge in [0.25, 0.3) is 0 Å². The first-order valence-corrected chi connectivity index (χ1v) is 5.74. The van der Waals surface area contributed by atoms with Gasteiger partial charge in [0.2, 0.25) is 0 Å². The molecule has 3 heteroatoms. The highest BCUT2D eigenvalue weighted by atomic mass is 15.3. The summed E-state index contributed by atoms with van der Waals surface area (Å²) in [6.45, 7) is 5.23. The maximum absolute atomic E-state index is 8.43. The lowest BCUT2D eigenvalue weighted by Crippen LogP contribution is -2.04. The smallest absolute Gasteiger partial charge is 0.0624 e. The summed E-state index contributed by atoms with van der Waals surface area (Å²) in [6, 6.07) is 4.35. The van der Waals surface area contributed by atoms with E-state index in [1.54, 1.807) is 0 Å². The van der Waals surface area contributed by atoms with Crippen LogP contribution in [-0.4, -0.2) is 9.78 Å². The number of aromatic nitrogens is 2. The van der Waals surface area contributed by atoms with E-state index in [1.807, 2.05) is 0 Å². The van der Waals surface area contributed by atoms with Crippen LogP contribution >= 0.6 is 0 Å². The second-order valence-electron chi connectivity index (χ2n) is 3.67. The molecule has 0 unspecified atom stereocenters. The number of hydrogen-bond acceptors (Lipinski definition) is 2. The first kappa shape index (κ1) is 11.8. The van der Waals surface area contributed by atoms with E-state index in [2.05, 4.69) is 35.8 Å². The summed E-state index contributed by atoms with van der Waals surface area (Å²) in [7, 11) is 0. The molecule has 0 amide bonds. The van der Waals surface area contributed by atoms with E-state index in [-0.39, 0.29) is 0 Å². The van der Waals surface area contributed by atoms with Crippen molar-refractivity contribution in [3.63, 3.8) is 0 Å². The molecule has 0 fully saturated rings. The van der Waals surface area contributed by atoms with Crippen molar-refractivity contribution in [2.24, 2.45) is 0 Å². The van der Waals surface area contributed by atoms with Crippen molar-refractivity contribution in [1.29, 1.82) is 5.26 Å². The van der Waals surface area contributed by atoms with Gasteiger partial charge in [-0.25, -0.2) is 0 Å². The van der Waals surface area contributed by atoms with Crippen molar-refractivity contribution in [2.75, 3.05) is 0 Å². The molecule has 0 saturated heterocycles. The van der Waals surface area contributed by atoms with Crippen molar-refractivity contribution >= 4 is 0 Å². The average Bonchev–Trinajstić information content (AvgIpc) is 2.67. The van der Waals surface area contributed by atoms with Gasteiger partial charge in [0.15, 0.2) is 0 Å². The topological polar surface area (TPSA) is 41.6 Å². The van der Waals surface area contributed by atoms with Gasteiger partial charge in [0.05, 0.1) is 11.8 Å². The molecule has 0 bridgehead atoms. The van der Waals surface area contributed by atoms with Crippen LogP contribution in [0, 0.1) is 11.3 Å². The first-order valence-electron chi connectivity index (χ1n) is 5.74. The second kappa shape index (κ2) is 6.23. The molecule has 1 rings (SSSR count). The number of nitriles is 1. The molecule has 0 saturated carbocycles. The molecule has 0 atom stereocenters. The Morgan fingerprint density at radius 3 is 2.73 bits per heavy atom. The SMILES string of the molecule is CCc1cc(CC)n(CCCCC#N)n1. The highest BCUT2D eigenvalue weighted by molar-refractivity contribution is 5.10. The van der Waals surface area contributed by atoms with Crippen LogP contribution < -0.4 is 0 Å². The standard InChI is InChI=1S/C12H19N3/c1-3-11-10-12(4-2)15(14-11)9-7-5-6-8-13/h10H,3-7,9H2,1-2H3. The minimum absolute atomic E-state index is 0.656. The molecule has 0 spiro atoms. The number of nitrogens with zero attached hydrogens (tertiary/aromatic N) is 3. The second-order valence-corrected chi connectivity index (χ2v) is 3.67. The molecule has 0 N–H and O–H groups in total. The van der Waals surface area contributed by atoms with Crippen LogP contribution in [0.5, 0.6) is 0 Å². The van der Waals surface area contributed by atoms with Crippen molar-refractivity contribution in [3.05, 3.63) is 17.5 Å². The van der Waals surface area contributed by atoms with Crippen LogP contribution in [-0.2, 0) is 19.4 Å². The highest BCUT2D eigenvalue weighted by Gasteiger charge is 2.04. The quantitative estimate of drug-likeness (QED) is 0.670.